The zero-order valence-electron chi connectivity index (χ0n) is 15.0. The van der Waals surface area contributed by atoms with Crippen LogP contribution in [0.1, 0.15) is 36.3 Å². The second-order valence-electron chi connectivity index (χ2n) is 6.27. The number of hydrogen-bond donors (Lipinski definition) is 1. The summed E-state index contributed by atoms with van der Waals surface area (Å²) in [5.41, 5.74) is 0.398. The van der Waals surface area contributed by atoms with E-state index in [1.807, 2.05) is 36.2 Å². The van der Waals surface area contributed by atoms with Crippen molar-refractivity contribution >= 4 is 23.6 Å². The molecule has 3 heterocycles. The Morgan fingerprint density at radius 1 is 1.35 bits per heavy atom. The number of likely N-dealkylation sites (tertiary alicyclic amines) is 1. The maximum Gasteiger partial charge on any atom is 0.271 e. The lowest BCUT2D eigenvalue weighted by atomic mass is 10.1. The zero-order chi connectivity index (χ0) is 18.5. The number of carbonyl (C=O) groups is 2. The molecule has 8 heteroatoms. The molecule has 0 spiro atoms. The molecule has 1 N–H and O–H groups in total. The molecule has 1 aliphatic rings. The standard InChI is InChI=1S/C18H23N5O2S/c1-13(26-16-7-3-4-9-20-16)18(25)22-10-5-6-14(12-22)23-11-8-15(21-23)17(24)19-2/h3-4,7-9,11,13-14H,5-6,10,12H2,1-2H3,(H,19,24)/t13-,14+/m1/s1. The summed E-state index contributed by atoms with van der Waals surface area (Å²) in [6.45, 7) is 3.29. The van der Waals surface area contributed by atoms with Gasteiger partial charge in [-0.3, -0.25) is 14.3 Å². The lowest BCUT2D eigenvalue weighted by Crippen LogP contribution is -2.44. The highest BCUT2D eigenvalue weighted by molar-refractivity contribution is 8.00. The fraction of sp³-hybridized carbons (Fsp3) is 0.444. The summed E-state index contributed by atoms with van der Waals surface area (Å²) < 4.78 is 1.81. The molecule has 2 atom stereocenters. The predicted octanol–water partition coefficient (Wildman–Crippen LogP) is 1.98. The number of pyridine rings is 1. The van der Waals surface area contributed by atoms with Crippen LogP contribution < -0.4 is 5.32 Å². The van der Waals surface area contributed by atoms with Crippen molar-refractivity contribution in [3.8, 4) is 0 Å². The van der Waals surface area contributed by atoms with Gasteiger partial charge in [0.1, 0.15) is 5.69 Å². The summed E-state index contributed by atoms with van der Waals surface area (Å²) in [6.07, 6.45) is 5.42. The smallest absolute Gasteiger partial charge is 0.271 e. The maximum absolute atomic E-state index is 12.8. The topological polar surface area (TPSA) is 80.1 Å². The SMILES string of the molecule is CNC(=O)c1ccn([C@H]2CCCN(C(=O)[C@@H](C)Sc3ccccn3)C2)n1. The summed E-state index contributed by atoms with van der Waals surface area (Å²) in [4.78, 5) is 30.7. The van der Waals surface area contributed by atoms with Gasteiger partial charge >= 0.3 is 0 Å². The Morgan fingerprint density at radius 2 is 2.19 bits per heavy atom. The van der Waals surface area contributed by atoms with Crippen molar-refractivity contribution in [2.24, 2.45) is 0 Å². The minimum Gasteiger partial charge on any atom is -0.354 e. The van der Waals surface area contributed by atoms with E-state index in [2.05, 4.69) is 15.4 Å². The van der Waals surface area contributed by atoms with Crippen LogP contribution in [0.3, 0.4) is 0 Å². The van der Waals surface area contributed by atoms with Crippen LogP contribution in [0.2, 0.25) is 0 Å². The highest BCUT2D eigenvalue weighted by atomic mass is 32.2. The van der Waals surface area contributed by atoms with E-state index in [4.69, 9.17) is 0 Å². The normalized spacial score (nSPS) is 18.4. The van der Waals surface area contributed by atoms with Crippen LogP contribution in [0.25, 0.3) is 0 Å². The largest absolute Gasteiger partial charge is 0.354 e. The van der Waals surface area contributed by atoms with E-state index in [-0.39, 0.29) is 23.1 Å². The summed E-state index contributed by atoms with van der Waals surface area (Å²) in [5, 5.41) is 7.60. The molecule has 0 bridgehead atoms. The first-order valence-corrected chi connectivity index (χ1v) is 9.60. The number of hydrogen-bond acceptors (Lipinski definition) is 5. The van der Waals surface area contributed by atoms with Crippen LogP contribution in [0.4, 0.5) is 0 Å². The highest BCUT2D eigenvalue weighted by Gasteiger charge is 2.29. The molecular formula is C18H23N5O2S. The summed E-state index contributed by atoms with van der Waals surface area (Å²) in [5.74, 6) is -0.0862. The van der Waals surface area contributed by atoms with Gasteiger partial charge in [-0.05, 0) is 38.0 Å². The summed E-state index contributed by atoms with van der Waals surface area (Å²) in [7, 11) is 1.59. The van der Waals surface area contributed by atoms with Crippen LogP contribution in [-0.2, 0) is 4.79 Å². The number of carbonyl (C=O) groups excluding carboxylic acids is 2. The molecule has 7 nitrogen and oxygen atoms in total. The molecule has 1 aliphatic heterocycles. The second-order valence-corrected chi connectivity index (χ2v) is 7.63. The van der Waals surface area contributed by atoms with Crippen molar-refractivity contribution in [2.45, 2.75) is 36.1 Å². The average molecular weight is 373 g/mol. The van der Waals surface area contributed by atoms with Gasteiger partial charge in [-0.1, -0.05) is 17.8 Å². The third-order valence-corrected chi connectivity index (χ3v) is 5.47. The molecule has 0 unspecified atom stereocenters. The number of amides is 2. The third-order valence-electron chi connectivity index (χ3n) is 4.43. The number of rotatable bonds is 5. The zero-order valence-corrected chi connectivity index (χ0v) is 15.8. The number of piperidine rings is 1. The molecule has 3 rings (SSSR count). The van der Waals surface area contributed by atoms with Crippen LogP contribution in [0, 0.1) is 0 Å². The van der Waals surface area contributed by atoms with E-state index in [1.54, 1.807) is 24.0 Å². The second kappa shape index (κ2) is 8.35. The first-order chi connectivity index (χ1) is 12.6. The van der Waals surface area contributed by atoms with Crippen LogP contribution in [-0.4, -0.2) is 56.9 Å². The van der Waals surface area contributed by atoms with Crippen molar-refractivity contribution in [1.29, 1.82) is 0 Å². The Bertz CT molecular complexity index is 764. The lowest BCUT2D eigenvalue weighted by molar-refractivity contribution is -0.132. The molecular weight excluding hydrogens is 350 g/mol. The third kappa shape index (κ3) is 4.24. The highest BCUT2D eigenvalue weighted by Crippen LogP contribution is 2.26. The molecule has 26 heavy (non-hydrogen) atoms. The fourth-order valence-corrected chi connectivity index (χ4v) is 3.96. The molecule has 2 amide bonds. The van der Waals surface area contributed by atoms with Gasteiger partial charge in [-0.2, -0.15) is 5.10 Å². The van der Waals surface area contributed by atoms with Crippen molar-refractivity contribution in [3.63, 3.8) is 0 Å². The van der Waals surface area contributed by atoms with Crippen molar-refractivity contribution in [3.05, 3.63) is 42.4 Å². The maximum atomic E-state index is 12.8. The van der Waals surface area contributed by atoms with Gasteiger partial charge in [0.25, 0.3) is 5.91 Å². The van der Waals surface area contributed by atoms with Gasteiger partial charge in [0, 0.05) is 32.5 Å². The minimum absolute atomic E-state index is 0.0955. The Kier molecular flexibility index (Phi) is 5.92. The number of thioether (sulfide) groups is 1. The molecule has 0 radical (unpaired) electrons. The molecule has 2 aromatic heterocycles. The van der Waals surface area contributed by atoms with Crippen LogP contribution >= 0.6 is 11.8 Å². The predicted molar refractivity (Wildman–Crippen MR) is 100 cm³/mol. The van der Waals surface area contributed by atoms with E-state index >= 15 is 0 Å². The molecule has 1 fully saturated rings. The number of aromatic nitrogens is 3. The molecule has 2 aromatic rings. The van der Waals surface area contributed by atoms with Crippen LogP contribution in [0.5, 0.6) is 0 Å². The Labute approximate surface area is 157 Å². The molecule has 0 saturated carbocycles. The fourth-order valence-electron chi connectivity index (χ4n) is 3.07. The van der Waals surface area contributed by atoms with E-state index in [0.29, 0.717) is 12.2 Å². The van der Waals surface area contributed by atoms with Crippen molar-refractivity contribution in [1.82, 2.24) is 25.0 Å². The quantitative estimate of drug-likeness (QED) is 0.811. The first-order valence-electron chi connectivity index (χ1n) is 8.72. The van der Waals surface area contributed by atoms with E-state index in [0.717, 1.165) is 24.4 Å². The monoisotopic (exact) mass is 373 g/mol. The minimum atomic E-state index is -0.201. The Morgan fingerprint density at radius 3 is 2.92 bits per heavy atom. The van der Waals surface area contributed by atoms with Gasteiger partial charge in [0.15, 0.2) is 0 Å². The van der Waals surface area contributed by atoms with Gasteiger partial charge in [0.05, 0.1) is 16.3 Å². The van der Waals surface area contributed by atoms with Crippen molar-refractivity contribution < 1.29 is 9.59 Å². The number of nitrogens with zero attached hydrogens (tertiary/aromatic N) is 4. The Balaban J connectivity index is 1.63. The Hall–Kier alpha value is -2.35. The van der Waals surface area contributed by atoms with E-state index < -0.39 is 0 Å². The van der Waals surface area contributed by atoms with Crippen molar-refractivity contribution in [2.75, 3.05) is 20.1 Å². The lowest BCUT2D eigenvalue weighted by Gasteiger charge is -2.34. The molecule has 0 aliphatic carbocycles. The summed E-state index contributed by atoms with van der Waals surface area (Å²) >= 11 is 1.48. The van der Waals surface area contributed by atoms with Gasteiger partial charge in [0.2, 0.25) is 5.91 Å². The number of nitrogens with one attached hydrogen (secondary N) is 1. The molecule has 0 aromatic carbocycles. The van der Waals surface area contributed by atoms with Gasteiger partial charge in [-0.25, -0.2) is 4.98 Å². The van der Waals surface area contributed by atoms with Gasteiger partial charge < -0.3 is 10.2 Å². The summed E-state index contributed by atoms with van der Waals surface area (Å²) in [6, 6.07) is 7.50. The average Bonchev–Trinajstić information content (AvgIpc) is 3.18. The first kappa shape index (κ1) is 18.4. The van der Waals surface area contributed by atoms with E-state index in [9.17, 15) is 9.59 Å². The van der Waals surface area contributed by atoms with Gasteiger partial charge in [-0.15, -0.1) is 0 Å². The van der Waals surface area contributed by atoms with Crippen LogP contribution in [0.15, 0.2) is 41.7 Å². The molecule has 1 saturated heterocycles. The van der Waals surface area contributed by atoms with E-state index in [1.165, 1.54) is 11.8 Å². The molecule has 138 valence electrons.